The molecule has 1 N–H and O–H groups in total. The fourth-order valence-electron chi connectivity index (χ4n) is 3.08. The van der Waals surface area contributed by atoms with Crippen molar-refractivity contribution in [2.45, 2.75) is 30.1 Å². The monoisotopic (exact) mass is 430 g/mol. The number of carbonyl (C=O) groups is 2. The number of rotatable bonds is 7. The predicted molar refractivity (Wildman–Crippen MR) is 121 cm³/mol. The number of hydrogen-bond acceptors (Lipinski definition) is 5. The van der Waals surface area contributed by atoms with Crippen LogP contribution >= 0.6 is 11.8 Å². The summed E-state index contributed by atoms with van der Waals surface area (Å²) < 4.78 is 5.28. The van der Waals surface area contributed by atoms with Crippen molar-refractivity contribution in [1.82, 2.24) is 0 Å². The van der Waals surface area contributed by atoms with E-state index in [0.29, 0.717) is 16.0 Å². The van der Waals surface area contributed by atoms with E-state index in [1.54, 1.807) is 30.3 Å². The fraction of sp³-hybridized carbons (Fsp3) is 0.160. The number of carbonyl (C=O) groups excluding carboxylic acids is 2. The van der Waals surface area contributed by atoms with Crippen molar-refractivity contribution < 1.29 is 14.3 Å². The molecule has 0 saturated heterocycles. The molecule has 0 saturated carbocycles. The standard InChI is InChI=1S/C25H22N2O3S/c1-3-18-11-8-9-17(2)24(18)27-23(28)16-30-25(29)20-12-5-7-14-22(20)31-21-13-6-4-10-19(21)15-26/h4-14H,3,16H2,1-2H3,(H,27,28). The zero-order valence-electron chi connectivity index (χ0n) is 17.3. The molecule has 156 valence electrons. The maximum atomic E-state index is 12.7. The molecule has 3 aromatic carbocycles. The highest BCUT2D eigenvalue weighted by Crippen LogP contribution is 2.32. The van der Waals surface area contributed by atoms with Crippen LogP contribution in [0.3, 0.4) is 0 Å². The second-order valence-corrected chi connectivity index (χ2v) is 7.88. The molecule has 3 rings (SSSR count). The van der Waals surface area contributed by atoms with Crippen LogP contribution in [0.5, 0.6) is 0 Å². The fourth-order valence-corrected chi connectivity index (χ4v) is 4.09. The molecular weight excluding hydrogens is 408 g/mol. The minimum absolute atomic E-state index is 0.346. The Morgan fingerprint density at radius 1 is 1.00 bits per heavy atom. The van der Waals surface area contributed by atoms with E-state index in [1.807, 2.05) is 50.2 Å². The first-order chi connectivity index (χ1) is 15.0. The summed E-state index contributed by atoms with van der Waals surface area (Å²) in [7, 11) is 0. The third kappa shape index (κ3) is 5.53. The van der Waals surface area contributed by atoms with Gasteiger partial charge < -0.3 is 10.1 Å². The summed E-state index contributed by atoms with van der Waals surface area (Å²) in [5.41, 5.74) is 3.61. The number of esters is 1. The Morgan fingerprint density at radius 3 is 2.45 bits per heavy atom. The molecule has 0 aliphatic heterocycles. The minimum atomic E-state index is -0.590. The molecule has 0 aliphatic rings. The van der Waals surface area contributed by atoms with Gasteiger partial charge in [-0.15, -0.1) is 0 Å². The SMILES string of the molecule is CCc1cccc(C)c1NC(=O)COC(=O)c1ccccc1Sc1ccccc1C#N. The van der Waals surface area contributed by atoms with Crippen molar-refractivity contribution >= 4 is 29.3 Å². The molecule has 0 heterocycles. The number of ether oxygens (including phenoxy) is 1. The van der Waals surface area contributed by atoms with E-state index in [4.69, 9.17) is 4.74 Å². The molecular formula is C25H22N2O3S. The Bertz CT molecular complexity index is 1150. The Hall–Kier alpha value is -3.56. The number of nitrogens with one attached hydrogen (secondary N) is 1. The average Bonchev–Trinajstić information content (AvgIpc) is 2.79. The largest absolute Gasteiger partial charge is 0.452 e. The number of benzene rings is 3. The van der Waals surface area contributed by atoms with Crippen molar-refractivity contribution in [3.8, 4) is 6.07 Å². The van der Waals surface area contributed by atoms with Gasteiger partial charge in [-0.2, -0.15) is 5.26 Å². The number of nitriles is 1. The van der Waals surface area contributed by atoms with Crippen molar-refractivity contribution in [3.63, 3.8) is 0 Å². The van der Waals surface area contributed by atoms with E-state index in [-0.39, 0.29) is 6.61 Å². The molecule has 6 heteroatoms. The highest BCUT2D eigenvalue weighted by molar-refractivity contribution is 7.99. The summed E-state index contributed by atoms with van der Waals surface area (Å²) in [5.74, 6) is -0.981. The number of hydrogen-bond donors (Lipinski definition) is 1. The molecule has 31 heavy (non-hydrogen) atoms. The zero-order valence-corrected chi connectivity index (χ0v) is 18.2. The lowest BCUT2D eigenvalue weighted by atomic mass is 10.1. The van der Waals surface area contributed by atoms with Crippen LogP contribution in [0.15, 0.2) is 76.5 Å². The summed E-state index contributed by atoms with van der Waals surface area (Å²) in [6.07, 6.45) is 0.784. The lowest BCUT2D eigenvalue weighted by Crippen LogP contribution is -2.22. The van der Waals surface area contributed by atoms with Crippen LogP contribution in [0.2, 0.25) is 0 Å². The predicted octanol–water partition coefficient (Wildman–Crippen LogP) is 5.38. The lowest BCUT2D eigenvalue weighted by molar-refractivity contribution is -0.119. The van der Waals surface area contributed by atoms with E-state index >= 15 is 0 Å². The van der Waals surface area contributed by atoms with Gasteiger partial charge in [-0.1, -0.05) is 61.2 Å². The molecule has 5 nitrogen and oxygen atoms in total. The highest BCUT2D eigenvalue weighted by atomic mass is 32.2. The topological polar surface area (TPSA) is 79.2 Å². The summed E-state index contributed by atoms with van der Waals surface area (Å²) in [5, 5.41) is 12.1. The van der Waals surface area contributed by atoms with Gasteiger partial charge in [0.25, 0.3) is 5.91 Å². The van der Waals surface area contributed by atoms with Crippen molar-refractivity contribution in [2.24, 2.45) is 0 Å². The maximum Gasteiger partial charge on any atom is 0.339 e. The number of aryl methyl sites for hydroxylation is 2. The number of amides is 1. The van der Waals surface area contributed by atoms with E-state index in [2.05, 4.69) is 11.4 Å². The molecule has 0 unspecified atom stereocenters. The average molecular weight is 431 g/mol. The molecule has 1 amide bonds. The van der Waals surface area contributed by atoms with Crippen LogP contribution < -0.4 is 5.32 Å². The van der Waals surface area contributed by atoms with Crippen molar-refractivity contribution in [3.05, 3.63) is 89.0 Å². The Labute approximate surface area is 186 Å². The van der Waals surface area contributed by atoms with E-state index < -0.39 is 11.9 Å². The second-order valence-electron chi connectivity index (χ2n) is 6.79. The van der Waals surface area contributed by atoms with Gasteiger partial charge in [-0.05, 0) is 48.7 Å². The van der Waals surface area contributed by atoms with Crippen LogP contribution in [0, 0.1) is 18.3 Å². The Kier molecular flexibility index (Phi) is 7.47. The van der Waals surface area contributed by atoms with Crippen LogP contribution in [-0.4, -0.2) is 18.5 Å². The van der Waals surface area contributed by atoms with Crippen molar-refractivity contribution in [2.75, 3.05) is 11.9 Å². The van der Waals surface area contributed by atoms with Gasteiger partial charge >= 0.3 is 5.97 Å². The number of para-hydroxylation sites is 1. The van der Waals surface area contributed by atoms with E-state index in [9.17, 15) is 14.9 Å². The second kappa shape index (κ2) is 10.5. The Balaban J connectivity index is 1.69. The van der Waals surface area contributed by atoms with Crippen LogP contribution in [0.4, 0.5) is 5.69 Å². The molecule has 0 radical (unpaired) electrons. The van der Waals surface area contributed by atoms with Gasteiger partial charge in [0.05, 0.1) is 11.1 Å². The first kappa shape index (κ1) is 22.1. The van der Waals surface area contributed by atoms with E-state index in [1.165, 1.54) is 11.8 Å². The molecule has 3 aromatic rings. The molecule has 0 aromatic heterocycles. The summed E-state index contributed by atoms with van der Waals surface area (Å²) in [4.78, 5) is 26.5. The number of nitrogens with zero attached hydrogens (tertiary/aromatic N) is 1. The normalized spacial score (nSPS) is 10.2. The van der Waals surface area contributed by atoms with Gasteiger partial charge in [0.2, 0.25) is 0 Å². The van der Waals surface area contributed by atoms with Gasteiger partial charge in [-0.25, -0.2) is 4.79 Å². The smallest absolute Gasteiger partial charge is 0.339 e. The minimum Gasteiger partial charge on any atom is -0.452 e. The van der Waals surface area contributed by atoms with Crippen LogP contribution in [-0.2, 0) is 16.0 Å². The number of anilines is 1. The van der Waals surface area contributed by atoms with Gasteiger partial charge in [0.15, 0.2) is 6.61 Å². The molecule has 0 fully saturated rings. The Morgan fingerprint density at radius 2 is 1.71 bits per heavy atom. The van der Waals surface area contributed by atoms with Crippen LogP contribution in [0.1, 0.15) is 34.0 Å². The third-order valence-corrected chi connectivity index (χ3v) is 5.82. The van der Waals surface area contributed by atoms with Gasteiger partial charge in [0.1, 0.15) is 6.07 Å². The quantitative estimate of drug-likeness (QED) is 0.509. The van der Waals surface area contributed by atoms with Gasteiger partial charge in [0, 0.05) is 15.5 Å². The first-order valence-corrected chi connectivity index (χ1v) is 10.7. The van der Waals surface area contributed by atoms with E-state index in [0.717, 1.165) is 28.1 Å². The summed E-state index contributed by atoms with van der Waals surface area (Å²) in [6, 6.07) is 22.1. The molecule has 0 spiro atoms. The van der Waals surface area contributed by atoms with Crippen LogP contribution in [0.25, 0.3) is 0 Å². The molecule has 0 atom stereocenters. The summed E-state index contributed by atoms with van der Waals surface area (Å²) >= 11 is 1.31. The first-order valence-electron chi connectivity index (χ1n) is 9.85. The zero-order chi connectivity index (χ0) is 22.2. The molecule has 0 aliphatic carbocycles. The molecule has 0 bridgehead atoms. The third-order valence-electron chi connectivity index (χ3n) is 4.67. The lowest BCUT2D eigenvalue weighted by Gasteiger charge is -2.13. The van der Waals surface area contributed by atoms with Gasteiger partial charge in [-0.3, -0.25) is 4.79 Å². The summed E-state index contributed by atoms with van der Waals surface area (Å²) in [6.45, 7) is 3.56. The van der Waals surface area contributed by atoms with Crippen molar-refractivity contribution in [1.29, 1.82) is 5.26 Å². The highest BCUT2D eigenvalue weighted by Gasteiger charge is 2.17. The maximum absolute atomic E-state index is 12.7.